The number of methoxy groups -OCH3 is 1. The average molecular weight is 290 g/mol. The number of aromatic nitrogens is 2. The molecule has 2 aliphatic rings. The second-order valence-electron chi connectivity index (χ2n) is 6.60. The fourth-order valence-electron chi connectivity index (χ4n) is 4.14. The average Bonchev–Trinajstić information content (AvgIpc) is 2.89. The molecule has 1 aromatic rings. The highest BCUT2D eigenvalue weighted by Gasteiger charge is 2.46. The molecular weight excluding hydrogens is 264 g/mol. The summed E-state index contributed by atoms with van der Waals surface area (Å²) in [6.07, 6.45) is 10.2. The molecule has 1 aliphatic carbocycles. The zero-order valence-electron chi connectivity index (χ0n) is 13.4. The third-order valence-electron chi connectivity index (χ3n) is 5.10. The molecule has 1 saturated heterocycles. The molecule has 0 aromatic carbocycles. The summed E-state index contributed by atoms with van der Waals surface area (Å²) in [5.74, 6) is 1.98. The summed E-state index contributed by atoms with van der Waals surface area (Å²) in [6.45, 7) is 2.11. The van der Waals surface area contributed by atoms with Crippen LogP contribution in [0, 0.1) is 5.41 Å². The SMILES string of the molecule is CO[C@@H]1CCC[C@@]12CCCN(c1nccnc1N(C)C)C2. The molecule has 2 atom stereocenters. The maximum absolute atomic E-state index is 5.79. The van der Waals surface area contributed by atoms with E-state index < -0.39 is 0 Å². The number of rotatable bonds is 3. The van der Waals surface area contributed by atoms with Gasteiger partial charge in [-0.1, -0.05) is 6.42 Å². The Morgan fingerprint density at radius 2 is 2.00 bits per heavy atom. The molecule has 116 valence electrons. The van der Waals surface area contributed by atoms with Gasteiger partial charge < -0.3 is 14.5 Å². The van der Waals surface area contributed by atoms with E-state index in [9.17, 15) is 0 Å². The first-order valence-electron chi connectivity index (χ1n) is 7.92. The van der Waals surface area contributed by atoms with Gasteiger partial charge in [-0.15, -0.1) is 0 Å². The quantitative estimate of drug-likeness (QED) is 0.854. The zero-order valence-corrected chi connectivity index (χ0v) is 13.4. The third-order valence-corrected chi connectivity index (χ3v) is 5.10. The molecule has 3 rings (SSSR count). The summed E-state index contributed by atoms with van der Waals surface area (Å²) < 4.78 is 5.79. The Morgan fingerprint density at radius 3 is 2.76 bits per heavy atom. The van der Waals surface area contributed by atoms with Crippen molar-refractivity contribution in [3.8, 4) is 0 Å². The van der Waals surface area contributed by atoms with Gasteiger partial charge in [0.25, 0.3) is 0 Å². The Morgan fingerprint density at radius 1 is 1.24 bits per heavy atom. The lowest BCUT2D eigenvalue weighted by Crippen LogP contribution is -2.48. The molecule has 1 aliphatic heterocycles. The van der Waals surface area contributed by atoms with Crippen molar-refractivity contribution in [2.24, 2.45) is 5.41 Å². The number of hydrogen-bond acceptors (Lipinski definition) is 5. The topological polar surface area (TPSA) is 41.5 Å². The molecule has 2 heterocycles. The molecule has 21 heavy (non-hydrogen) atoms. The van der Waals surface area contributed by atoms with Crippen LogP contribution in [0.1, 0.15) is 32.1 Å². The minimum atomic E-state index is 0.314. The van der Waals surface area contributed by atoms with Gasteiger partial charge in [0.05, 0.1) is 6.10 Å². The van der Waals surface area contributed by atoms with E-state index in [2.05, 4.69) is 14.9 Å². The predicted octanol–water partition coefficient (Wildman–Crippen LogP) is 2.33. The Balaban J connectivity index is 1.87. The van der Waals surface area contributed by atoms with Gasteiger partial charge in [-0.3, -0.25) is 0 Å². The van der Waals surface area contributed by atoms with Crippen LogP contribution in [0.25, 0.3) is 0 Å². The summed E-state index contributed by atoms with van der Waals surface area (Å²) in [5.41, 5.74) is 0.314. The largest absolute Gasteiger partial charge is 0.381 e. The van der Waals surface area contributed by atoms with Crippen molar-refractivity contribution in [2.45, 2.75) is 38.2 Å². The van der Waals surface area contributed by atoms with Crippen LogP contribution in [-0.2, 0) is 4.74 Å². The van der Waals surface area contributed by atoms with E-state index in [-0.39, 0.29) is 0 Å². The molecule has 0 bridgehead atoms. The smallest absolute Gasteiger partial charge is 0.171 e. The van der Waals surface area contributed by atoms with Gasteiger partial charge in [0.15, 0.2) is 11.6 Å². The van der Waals surface area contributed by atoms with Crippen LogP contribution in [-0.4, -0.2) is 50.4 Å². The second-order valence-corrected chi connectivity index (χ2v) is 6.60. The highest BCUT2D eigenvalue weighted by Crippen LogP contribution is 2.47. The van der Waals surface area contributed by atoms with Crippen LogP contribution in [0.3, 0.4) is 0 Å². The van der Waals surface area contributed by atoms with E-state index in [1.165, 1.54) is 32.1 Å². The molecule has 0 unspecified atom stereocenters. The number of anilines is 2. The van der Waals surface area contributed by atoms with Crippen molar-refractivity contribution < 1.29 is 4.74 Å². The lowest BCUT2D eigenvalue weighted by Gasteiger charge is -2.44. The third kappa shape index (κ3) is 2.59. The van der Waals surface area contributed by atoms with E-state index in [4.69, 9.17) is 4.74 Å². The zero-order chi connectivity index (χ0) is 14.9. The molecule has 0 N–H and O–H groups in total. The van der Waals surface area contributed by atoms with Crippen molar-refractivity contribution in [3.63, 3.8) is 0 Å². The van der Waals surface area contributed by atoms with Crippen LogP contribution >= 0.6 is 0 Å². The monoisotopic (exact) mass is 290 g/mol. The number of hydrogen-bond donors (Lipinski definition) is 0. The van der Waals surface area contributed by atoms with E-state index in [1.54, 1.807) is 12.4 Å². The summed E-state index contributed by atoms with van der Waals surface area (Å²) in [5, 5.41) is 0. The van der Waals surface area contributed by atoms with Crippen molar-refractivity contribution in [3.05, 3.63) is 12.4 Å². The predicted molar refractivity (Wildman–Crippen MR) is 84.9 cm³/mol. The van der Waals surface area contributed by atoms with Crippen LogP contribution < -0.4 is 9.80 Å². The standard InChI is InChI=1S/C16H26N4O/c1-19(2)14-15(18-10-9-17-14)20-11-5-8-16(12-20)7-4-6-13(16)21-3/h9-10,13H,4-8,11-12H2,1-3H3/t13-,16+/m1/s1. The fraction of sp³-hybridized carbons (Fsp3) is 0.750. The molecule has 1 saturated carbocycles. The summed E-state index contributed by atoms with van der Waals surface area (Å²) in [6, 6.07) is 0. The maximum Gasteiger partial charge on any atom is 0.171 e. The Bertz CT molecular complexity index is 493. The van der Waals surface area contributed by atoms with E-state index in [1.807, 2.05) is 26.1 Å². The lowest BCUT2D eigenvalue weighted by atomic mass is 9.76. The number of ether oxygens (including phenoxy) is 1. The van der Waals surface area contributed by atoms with Gasteiger partial charge >= 0.3 is 0 Å². The van der Waals surface area contributed by atoms with Gasteiger partial charge in [0, 0.05) is 52.1 Å². The van der Waals surface area contributed by atoms with E-state index >= 15 is 0 Å². The maximum atomic E-state index is 5.79. The first-order chi connectivity index (χ1) is 10.2. The van der Waals surface area contributed by atoms with Gasteiger partial charge in [-0.2, -0.15) is 0 Å². The summed E-state index contributed by atoms with van der Waals surface area (Å²) in [4.78, 5) is 13.6. The molecule has 5 heteroatoms. The van der Waals surface area contributed by atoms with Crippen LogP contribution in [0.15, 0.2) is 12.4 Å². The van der Waals surface area contributed by atoms with E-state index in [0.717, 1.165) is 24.7 Å². The molecule has 2 fully saturated rings. The van der Waals surface area contributed by atoms with Crippen molar-refractivity contribution in [2.75, 3.05) is 44.1 Å². The Hall–Kier alpha value is -1.36. The van der Waals surface area contributed by atoms with Gasteiger partial charge in [0.2, 0.25) is 0 Å². The number of nitrogens with zero attached hydrogens (tertiary/aromatic N) is 4. The van der Waals surface area contributed by atoms with Crippen molar-refractivity contribution in [1.29, 1.82) is 0 Å². The minimum absolute atomic E-state index is 0.314. The molecule has 0 amide bonds. The van der Waals surface area contributed by atoms with Crippen LogP contribution in [0.2, 0.25) is 0 Å². The van der Waals surface area contributed by atoms with Crippen molar-refractivity contribution >= 4 is 11.6 Å². The molecule has 0 radical (unpaired) electrons. The van der Waals surface area contributed by atoms with Gasteiger partial charge in [0.1, 0.15) is 0 Å². The first-order valence-corrected chi connectivity index (χ1v) is 7.92. The van der Waals surface area contributed by atoms with Crippen molar-refractivity contribution in [1.82, 2.24) is 9.97 Å². The lowest BCUT2D eigenvalue weighted by molar-refractivity contribution is 0.00217. The first kappa shape index (κ1) is 14.6. The van der Waals surface area contributed by atoms with E-state index in [0.29, 0.717) is 11.5 Å². The fourth-order valence-corrected chi connectivity index (χ4v) is 4.14. The Kier molecular flexibility index (Phi) is 4.02. The second kappa shape index (κ2) is 5.79. The van der Waals surface area contributed by atoms with Crippen LogP contribution in [0.4, 0.5) is 11.6 Å². The molecule has 1 spiro atoms. The highest BCUT2D eigenvalue weighted by molar-refractivity contribution is 5.61. The number of piperidine rings is 1. The molecule has 1 aromatic heterocycles. The molecular formula is C16H26N4O. The van der Waals surface area contributed by atoms with Gasteiger partial charge in [-0.25, -0.2) is 9.97 Å². The minimum Gasteiger partial charge on any atom is -0.381 e. The van der Waals surface area contributed by atoms with Crippen LogP contribution in [0.5, 0.6) is 0 Å². The summed E-state index contributed by atoms with van der Waals surface area (Å²) >= 11 is 0. The highest BCUT2D eigenvalue weighted by atomic mass is 16.5. The molecule has 5 nitrogen and oxygen atoms in total. The normalized spacial score (nSPS) is 29.1. The van der Waals surface area contributed by atoms with Gasteiger partial charge in [-0.05, 0) is 25.7 Å². The summed E-state index contributed by atoms with van der Waals surface area (Å²) in [7, 11) is 5.92. The Labute approximate surface area is 127 Å².